The number of morpholine rings is 1. The van der Waals surface area contributed by atoms with Gasteiger partial charge in [-0.05, 0) is 42.0 Å². The molecule has 0 amide bonds. The summed E-state index contributed by atoms with van der Waals surface area (Å²) in [5.74, 6) is -0.664. The standard InChI is InChI=1S/C19H19FN2O3/c1-24-19(23)15-3-5-16(6-4-15)21-13-14-2-7-18(17(20)12-14)22-8-10-25-11-9-22/h2-7,12-13H,8-11H2,1H3. The Balaban J connectivity index is 1.71. The number of nitrogens with zero attached hydrogens (tertiary/aromatic N) is 2. The first-order valence-corrected chi connectivity index (χ1v) is 8.02. The van der Waals surface area contributed by atoms with Crippen LogP contribution in [0.2, 0.25) is 0 Å². The van der Waals surface area contributed by atoms with Crippen molar-refractivity contribution in [3.8, 4) is 0 Å². The van der Waals surface area contributed by atoms with Crippen molar-refractivity contribution in [2.45, 2.75) is 0 Å². The summed E-state index contributed by atoms with van der Waals surface area (Å²) in [6.07, 6.45) is 1.60. The van der Waals surface area contributed by atoms with Gasteiger partial charge in [-0.25, -0.2) is 9.18 Å². The highest BCUT2D eigenvalue weighted by molar-refractivity contribution is 5.90. The van der Waals surface area contributed by atoms with E-state index in [9.17, 15) is 9.18 Å². The van der Waals surface area contributed by atoms with Crippen LogP contribution >= 0.6 is 0 Å². The molecule has 0 unspecified atom stereocenters. The van der Waals surface area contributed by atoms with E-state index in [2.05, 4.69) is 9.73 Å². The van der Waals surface area contributed by atoms with Crippen molar-refractivity contribution in [3.63, 3.8) is 0 Å². The van der Waals surface area contributed by atoms with Gasteiger partial charge < -0.3 is 14.4 Å². The third-order valence-electron chi connectivity index (χ3n) is 3.97. The lowest BCUT2D eigenvalue weighted by atomic mass is 10.2. The number of hydrogen-bond acceptors (Lipinski definition) is 5. The molecule has 3 rings (SSSR count). The van der Waals surface area contributed by atoms with Crippen LogP contribution in [0.5, 0.6) is 0 Å². The third-order valence-corrected chi connectivity index (χ3v) is 3.97. The largest absolute Gasteiger partial charge is 0.465 e. The minimum Gasteiger partial charge on any atom is -0.465 e. The normalized spacial score (nSPS) is 14.7. The highest BCUT2D eigenvalue weighted by Gasteiger charge is 2.14. The van der Waals surface area contributed by atoms with Gasteiger partial charge in [-0.15, -0.1) is 0 Å². The molecule has 130 valence electrons. The Morgan fingerprint density at radius 3 is 2.56 bits per heavy atom. The summed E-state index contributed by atoms with van der Waals surface area (Å²) in [7, 11) is 1.34. The molecule has 2 aromatic carbocycles. The minimum atomic E-state index is -0.392. The number of methoxy groups -OCH3 is 1. The first-order chi connectivity index (χ1) is 12.2. The predicted octanol–water partition coefficient (Wildman–Crippen LogP) is 3.20. The molecule has 0 radical (unpaired) electrons. The first-order valence-electron chi connectivity index (χ1n) is 8.02. The molecule has 25 heavy (non-hydrogen) atoms. The maximum atomic E-state index is 14.3. The Labute approximate surface area is 145 Å². The number of ether oxygens (including phenoxy) is 2. The topological polar surface area (TPSA) is 51.1 Å². The van der Waals surface area contributed by atoms with Crippen LogP contribution < -0.4 is 4.90 Å². The maximum absolute atomic E-state index is 14.3. The van der Waals surface area contributed by atoms with Gasteiger partial charge in [0.05, 0.1) is 37.3 Å². The molecule has 0 aromatic heterocycles. The van der Waals surface area contributed by atoms with Gasteiger partial charge >= 0.3 is 5.97 Å². The van der Waals surface area contributed by atoms with Gasteiger partial charge in [0.2, 0.25) is 0 Å². The Bertz CT molecular complexity index is 769. The zero-order valence-corrected chi connectivity index (χ0v) is 13.9. The minimum absolute atomic E-state index is 0.271. The molecule has 1 fully saturated rings. The van der Waals surface area contributed by atoms with Crippen LogP contribution in [0.1, 0.15) is 15.9 Å². The number of anilines is 1. The molecule has 0 atom stereocenters. The van der Waals surface area contributed by atoms with Crippen LogP contribution in [0.25, 0.3) is 0 Å². The monoisotopic (exact) mass is 342 g/mol. The zero-order valence-electron chi connectivity index (χ0n) is 13.9. The molecule has 0 bridgehead atoms. The van der Waals surface area contributed by atoms with Gasteiger partial charge in [0.15, 0.2) is 0 Å². The van der Waals surface area contributed by atoms with E-state index >= 15 is 0 Å². The molecule has 0 saturated carbocycles. The van der Waals surface area contributed by atoms with Gasteiger partial charge in [-0.3, -0.25) is 4.99 Å². The molecule has 1 saturated heterocycles. The van der Waals surface area contributed by atoms with E-state index in [1.807, 2.05) is 11.0 Å². The summed E-state index contributed by atoms with van der Waals surface area (Å²) in [6, 6.07) is 11.8. The van der Waals surface area contributed by atoms with E-state index in [0.717, 1.165) is 0 Å². The van der Waals surface area contributed by atoms with Gasteiger partial charge in [0, 0.05) is 19.3 Å². The van der Waals surface area contributed by atoms with Crippen LogP contribution in [0.15, 0.2) is 47.5 Å². The number of halogens is 1. The highest BCUT2D eigenvalue weighted by atomic mass is 19.1. The van der Waals surface area contributed by atoms with Crippen molar-refractivity contribution in [2.75, 3.05) is 38.3 Å². The predicted molar refractivity (Wildman–Crippen MR) is 94.5 cm³/mol. The van der Waals surface area contributed by atoms with E-state index < -0.39 is 5.97 Å². The van der Waals surface area contributed by atoms with Crippen molar-refractivity contribution in [1.29, 1.82) is 0 Å². The number of aliphatic imine (C=N–C) groups is 1. The lowest BCUT2D eigenvalue weighted by molar-refractivity contribution is 0.0601. The average Bonchev–Trinajstić information content (AvgIpc) is 2.67. The van der Waals surface area contributed by atoms with E-state index in [1.165, 1.54) is 13.2 Å². The molecule has 1 aliphatic heterocycles. The summed E-state index contributed by atoms with van der Waals surface area (Å²) in [5, 5.41) is 0. The molecule has 1 heterocycles. The number of benzene rings is 2. The molecule has 0 spiro atoms. The number of carbonyl (C=O) groups excluding carboxylic acids is 1. The smallest absolute Gasteiger partial charge is 0.337 e. The molecule has 0 aliphatic carbocycles. The molecule has 6 heteroatoms. The molecule has 0 N–H and O–H groups in total. The van der Waals surface area contributed by atoms with Crippen LogP contribution in [0.3, 0.4) is 0 Å². The van der Waals surface area contributed by atoms with Crippen molar-refractivity contribution in [2.24, 2.45) is 4.99 Å². The maximum Gasteiger partial charge on any atom is 0.337 e. The first kappa shape index (κ1) is 17.1. The van der Waals surface area contributed by atoms with E-state index in [0.29, 0.717) is 48.8 Å². The molecule has 1 aliphatic rings. The van der Waals surface area contributed by atoms with Crippen LogP contribution in [0, 0.1) is 5.82 Å². The fraction of sp³-hybridized carbons (Fsp3) is 0.263. The van der Waals surface area contributed by atoms with Crippen LogP contribution in [-0.4, -0.2) is 45.6 Å². The summed E-state index contributed by atoms with van der Waals surface area (Å²) in [6.45, 7) is 2.61. The van der Waals surface area contributed by atoms with E-state index in [-0.39, 0.29) is 5.82 Å². The Morgan fingerprint density at radius 1 is 1.20 bits per heavy atom. The summed E-state index contributed by atoms with van der Waals surface area (Å²) >= 11 is 0. The van der Waals surface area contributed by atoms with Gasteiger partial charge in [0.1, 0.15) is 5.82 Å². The van der Waals surface area contributed by atoms with Crippen molar-refractivity contribution < 1.29 is 18.7 Å². The van der Waals surface area contributed by atoms with Crippen molar-refractivity contribution in [3.05, 3.63) is 59.4 Å². The number of hydrogen-bond donors (Lipinski definition) is 0. The lowest BCUT2D eigenvalue weighted by Gasteiger charge is -2.29. The van der Waals surface area contributed by atoms with Crippen molar-refractivity contribution >= 4 is 23.6 Å². The quantitative estimate of drug-likeness (QED) is 0.632. The van der Waals surface area contributed by atoms with Gasteiger partial charge in [0.25, 0.3) is 0 Å². The second-order valence-corrected chi connectivity index (χ2v) is 5.61. The summed E-state index contributed by atoms with van der Waals surface area (Å²) in [4.78, 5) is 17.7. The molecule has 2 aromatic rings. The molecular formula is C19H19FN2O3. The average molecular weight is 342 g/mol. The lowest BCUT2D eigenvalue weighted by Crippen LogP contribution is -2.36. The Kier molecular flexibility index (Phi) is 5.40. The Hall–Kier alpha value is -2.73. The second-order valence-electron chi connectivity index (χ2n) is 5.61. The SMILES string of the molecule is COC(=O)c1ccc(N=Cc2ccc(N3CCOCC3)c(F)c2)cc1. The third kappa shape index (κ3) is 4.22. The fourth-order valence-electron chi connectivity index (χ4n) is 2.61. The van der Waals surface area contributed by atoms with Crippen LogP contribution in [0.4, 0.5) is 15.8 Å². The van der Waals surface area contributed by atoms with E-state index in [4.69, 9.17) is 4.74 Å². The van der Waals surface area contributed by atoms with Crippen molar-refractivity contribution in [1.82, 2.24) is 0 Å². The summed E-state index contributed by atoms with van der Waals surface area (Å²) < 4.78 is 24.3. The van der Waals surface area contributed by atoms with E-state index in [1.54, 1.807) is 36.5 Å². The fourth-order valence-corrected chi connectivity index (χ4v) is 2.61. The zero-order chi connectivity index (χ0) is 17.6. The molecular weight excluding hydrogens is 323 g/mol. The number of rotatable bonds is 4. The summed E-state index contributed by atoms with van der Waals surface area (Å²) in [5.41, 5.74) is 2.39. The van der Waals surface area contributed by atoms with Crippen LogP contribution in [-0.2, 0) is 9.47 Å². The number of esters is 1. The second kappa shape index (κ2) is 7.90. The highest BCUT2D eigenvalue weighted by Crippen LogP contribution is 2.21. The van der Waals surface area contributed by atoms with Gasteiger partial charge in [-0.1, -0.05) is 6.07 Å². The van der Waals surface area contributed by atoms with Gasteiger partial charge in [-0.2, -0.15) is 0 Å². The Morgan fingerprint density at radius 2 is 1.92 bits per heavy atom. The molecule has 5 nitrogen and oxygen atoms in total. The number of carbonyl (C=O) groups is 1.